The van der Waals surface area contributed by atoms with E-state index in [1.54, 1.807) is 0 Å². The van der Waals surface area contributed by atoms with Gasteiger partial charge in [0.25, 0.3) is 0 Å². The Hall–Kier alpha value is -2.19. The number of hydrogen-bond acceptors (Lipinski definition) is 5. The molecule has 2 heterocycles. The summed E-state index contributed by atoms with van der Waals surface area (Å²) in [5, 5.41) is 10.9. The molecule has 1 aromatic heterocycles. The Morgan fingerprint density at radius 3 is 2.65 bits per heavy atom. The lowest BCUT2D eigenvalue weighted by Crippen LogP contribution is -2.36. The van der Waals surface area contributed by atoms with E-state index in [4.69, 9.17) is 0 Å². The van der Waals surface area contributed by atoms with E-state index >= 15 is 0 Å². The van der Waals surface area contributed by atoms with Gasteiger partial charge in [-0.05, 0) is 12.5 Å². The van der Waals surface area contributed by atoms with Crippen LogP contribution in [-0.2, 0) is 11.0 Å². The highest BCUT2D eigenvalue weighted by Gasteiger charge is 2.35. The van der Waals surface area contributed by atoms with Crippen LogP contribution in [0.15, 0.2) is 12.3 Å². The number of piperidine rings is 1. The van der Waals surface area contributed by atoms with Crippen LogP contribution in [0.5, 0.6) is 0 Å². The predicted molar refractivity (Wildman–Crippen MR) is 62.3 cm³/mol. The second-order valence-corrected chi connectivity index (χ2v) is 4.38. The van der Waals surface area contributed by atoms with Crippen molar-refractivity contribution < 1.29 is 22.9 Å². The van der Waals surface area contributed by atoms with E-state index in [0.29, 0.717) is 31.6 Å². The fourth-order valence-corrected chi connectivity index (χ4v) is 2.03. The summed E-state index contributed by atoms with van der Waals surface area (Å²) in [6.07, 6.45) is -3.32. The van der Waals surface area contributed by atoms with Gasteiger partial charge in [0.05, 0.1) is 11.5 Å². The number of Topliss-reactive ketones (excluding diaryl/α,β-unsaturated/α-hetero) is 1. The largest absolute Gasteiger partial charge is 0.433 e. The van der Waals surface area contributed by atoms with Gasteiger partial charge in [0.1, 0.15) is 17.6 Å². The molecule has 6 nitrogen and oxygen atoms in total. The molecule has 0 bridgehead atoms. The Bertz CT molecular complexity index is 560. The molecule has 0 unspecified atom stereocenters. The first-order valence-electron chi connectivity index (χ1n) is 5.77. The van der Waals surface area contributed by atoms with E-state index in [-0.39, 0.29) is 18.0 Å². The summed E-state index contributed by atoms with van der Waals surface area (Å²) in [6, 6.07) is 0.622. The quantitative estimate of drug-likeness (QED) is 0.616. The maximum Gasteiger partial charge on any atom is 0.433 e. The number of pyridine rings is 1. The average molecular weight is 289 g/mol. The number of halogens is 3. The molecule has 1 aliphatic heterocycles. The third-order valence-electron chi connectivity index (χ3n) is 2.94. The number of hydrogen-bond donors (Lipinski definition) is 0. The molecule has 0 N–H and O–H groups in total. The molecule has 0 aromatic carbocycles. The molecule has 0 saturated carbocycles. The molecule has 2 rings (SSSR count). The summed E-state index contributed by atoms with van der Waals surface area (Å²) in [7, 11) is 0. The minimum atomic E-state index is -4.69. The van der Waals surface area contributed by atoms with Gasteiger partial charge in [-0.15, -0.1) is 0 Å². The Kier molecular flexibility index (Phi) is 3.60. The van der Waals surface area contributed by atoms with Gasteiger partial charge in [0.15, 0.2) is 5.78 Å². The van der Waals surface area contributed by atoms with Crippen LogP contribution < -0.4 is 4.90 Å². The van der Waals surface area contributed by atoms with Crippen molar-refractivity contribution in [3.05, 3.63) is 28.1 Å². The standard InChI is InChI=1S/C11H10F3N3O3/c12-11(13,14)10-4-8(9(5-15-10)17(19)20)16-3-1-2-7(18)6-16/h4-5H,1-3,6H2. The third kappa shape index (κ3) is 2.86. The van der Waals surface area contributed by atoms with E-state index in [2.05, 4.69) is 4.98 Å². The average Bonchev–Trinajstić information content (AvgIpc) is 2.37. The van der Waals surface area contributed by atoms with Gasteiger partial charge < -0.3 is 4.90 Å². The Labute approximate surface area is 111 Å². The molecule has 1 aliphatic rings. The fraction of sp³-hybridized carbons (Fsp3) is 0.455. The Balaban J connectivity index is 2.46. The minimum absolute atomic E-state index is 0.123. The maximum absolute atomic E-state index is 12.6. The first-order valence-corrected chi connectivity index (χ1v) is 5.77. The van der Waals surface area contributed by atoms with Crippen molar-refractivity contribution in [1.82, 2.24) is 4.98 Å². The molecule has 0 atom stereocenters. The van der Waals surface area contributed by atoms with E-state index in [1.165, 1.54) is 4.90 Å². The third-order valence-corrected chi connectivity index (χ3v) is 2.94. The molecular formula is C11H10F3N3O3. The van der Waals surface area contributed by atoms with Crippen LogP contribution in [0.3, 0.4) is 0 Å². The van der Waals surface area contributed by atoms with Gasteiger partial charge in [-0.25, -0.2) is 4.98 Å². The number of rotatable bonds is 2. The highest BCUT2D eigenvalue weighted by molar-refractivity contribution is 5.85. The van der Waals surface area contributed by atoms with Gasteiger partial charge in [-0.3, -0.25) is 14.9 Å². The van der Waals surface area contributed by atoms with Crippen LogP contribution in [0.2, 0.25) is 0 Å². The van der Waals surface area contributed by atoms with Crippen molar-refractivity contribution in [3.63, 3.8) is 0 Å². The molecule has 1 saturated heterocycles. The number of nitrogens with zero attached hydrogens (tertiary/aromatic N) is 3. The van der Waals surface area contributed by atoms with Crippen LogP contribution in [0.4, 0.5) is 24.5 Å². The molecule has 9 heteroatoms. The first kappa shape index (κ1) is 14.2. The number of alkyl halides is 3. The Morgan fingerprint density at radius 1 is 1.40 bits per heavy atom. The SMILES string of the molecule is O=C1CCCN(c2cc(C(F)(F)F)ncc2[N+](=O)[O-])C1. The lowest BCUT2D eigenvalue weighted by molar-refractivity contribution is -0.384. The van der Waals surface area contributed by atoms with Crippen molar-refractivity contribution in [2.24, 2.45) is 0 Å². The molecule has 20 heavy (non-hydrogen) atoms. The number of carbonyl (C=O) groups excluding carboxylic acids is 1. The Morgan fingerprint density at radius 2 is 2.10 bits per heavy atom. The van der Waals surface area contributed by atoms with Crippen LogP contribution in [0.1, 0.15) is 18.5 Å². The van der Waals surface area contributed by atoms with E-state index in [1.807, 2.05) is 0 Å². The molecule has 108 valence electrons. The molecule has 0 spiro atoms. The fourth-order valence-electron chi connectivity index (χ4n) is 2.03. The van der Waals surface area contributed by atoms with Crippen LogP contribution in [0.25, 0.3) is 0 Å². The molecular weight excluding hydrogens is 279 g/mol. The van der Waals surface area contributed by atoms with Crippen LogP contribution in [-0.4, -0.2) is 28.8 Å². The van der Waals surface area contributed by atoms with Crippen molar-refractivity contribution in [3.8, 4) is 0 Å². The molecule has 1 fully saturated rings. The van der Waals surface area contributed by atoms with Gasteiger partial charge in [0, 0.05) is 13.0 Å². The summed E-state index contributed by atoms with van der Waals surface area (Å²) >= 11 is 0. The first-order chi connectivity index (χ1) is 9.29. The topological polar surface area (TPSA) is 76.3 Å². The van der Waals surface area contributed by atoms with Gasteiger partial charge in [-0.2, -0.15) is 13.2 Å². The minimum Gasteiger partial charge on any atom is -0.359 e. The number of aromatic nitrogens is 1. The van der Waals surface area contributed by atoms with Crippen molar-refractivity contribution >= 4 is 17.2 Å². The van der Waals surface area contributed by atoms with Crippen molar-refractivity contribution in [1.29, 1.82) is 0 Å². The number of anilines is 1. The second kappa shape index (κ2) is 5.06. The predicted octanol–water partition coefficient (Wildman–Crippen LogP) is 2.18. The monoisotopic (exact) mass is 289 g/mol. The second-order valence-electron chi connectivity index (χ2n) is 4.38. The number of nitro groups is 1. The van der Waals surface area contributed by atoms with Gasteiger partial charge in [0.2, 0.25) is 0 Å². The normalized spacial score (nSPS) is 16.4. The summed E-state index contributed by atoms with van der Waals surface area (Å²) in [6.45, 7) is 0.177. The zero-order valence-electron chi connectivity index (χ0n) is 10.2. The molecule has 0 radical (unpaired) electrons. The zero-order valence-corrected chi connectivity index (χ0v) is 10.2. The lowest BCUT2D eigenvalue weighted by Gasteiger charge is -2.27. The number of ketones is 1. The lowest BCUT2D eigenvalue weighted by atomic mass is 10.1. The summed E-state index contributed by atoms with van der Waals surface area (Å²) in [5.74, 6) is -0.157. The van der Waals surface area contributed by atoms with Crippen molar-refractivity contribution in [2.45, 2.75) is 19.0 Å². The van der Waals surface area contributed by atoms with Gasteiger partial charge in [-0.1, -0.05) is 0 Å². The molecule has 1 aromatic rings. The smallest absolute Gasteiger partial charge is 0.359 e. The van der Waals surface area contributed by atoms with Crippen molar-refractivity contribution in [2.75, 3.05) is 18.0 Å². The number of carbonyl (C=O) groups is 1. The molecule has 0 aliphatic carbocycles. The highest BCUT2D eigenvalue weighted by Crippen LogP contribution is 2.35. The summed E-state index contributed by atoms with van der Waals surface area (Å²) in [4.78, 5) is 25.8. The molecule has 0 amide bonds. The summed E-state index contributed by atoms with van der Waals surface area (Å²) < 4.78 is 37.9. The van der Waals surface area contributed by atoms with E-state index in [9.17, 15) is 28.1 Å². The van der Waals surface area contributed by atoms with Gasteiger partial charge >= 0.3 is 11.9 Å². The highest BCUT2D eigenvalue weighted by atomic mass is 19.4. The van der Waals surface area contributed by atoms with Crippen LogP contribution in [0, 0.1) is 10.1 Å². The van der Waals surface area contributed by atoms with E-state index in [0.717, 1.165) is 0 Å². The van der Waals surface area contributed by atoms with E-state index < -0.39 is 22.5 Å². The van der Waals surface area contributed by atoms with Crippen LogP contribution >= 0.6 is 0 Å². The summed E-state index contributed by atoms with van der Waals surface area (Å²) in [5.41, 5.74) is -1.96. The maximum atomic E-state index is 12.6. The zero-order chi connectivity index (χ0) is 14.9.